The van der Waals surface area contributed by atoms with Crippen LogP contribution in [-0.4, -0.2) is 23.1 Å². The molecule has 1 aromatic heterocycles. The van der Waals surface area contributed by atoms with E-state index in [9.17, 15) is 4.79 Å². The van der Waals surface area contributed by atoms with E-state index in [0.717, 1.165) is 5.56 Å². The zero-order valence-electron chi connectivity index (χ0n) is 11.4. The van der Waals surface area contributed by atoms with Gasteiger partial charge in [0.05, 0.1) is 0 Å². The third-order valence-corrected chi connectivity index (χ3v) is 2.77. The van der Waals surface area contributed by atoms with Gasteiger partial charge >= 0.3 is 0 Å². The number of halogens is 1. The van der Waals surface area contributed by atoms with Gasteiger partial charge in [0.25, 0.3) is 5.91 Å². The summed E-state index contributed by atoms with van der Waals surface area (Å²) in [6.07, 6.45) is 0. The van der Waals surface area contributed by atoms with Gasteiger partial charge in [-0.1, -0.05) is 35.5 Å². The molecule has 0 radical (unpaired) electrons. The number of nitrogens with zero attached hydrogens (tertiary/aromatic N) is 1. The van der Waals surface area contributed by atoms with Crippen molar-refractivity contribution >= 4 is 18.3 Å². The minimum Gasteiger partial charge on any atom is -0.350 e. The molecule has 2 aromatic rings. The van der Waals surface area contributed by atoms with E-state index in [4.69, 9.17) is 10.3 Å². The van der Waals surface area contributed by atoms with E-state index in [0.29, 0.717) is 12.2 Å². The van der Waals surface area contributed by atoms with Crippen molar-refractivity contribution in [3.8, 4) is 11.3 Å². The molecule has 5 nitrogen and oxygen atoms in total. The summed E-state index contributed by atoms with van der Waals surface area (Å²) in [7, 11) is 0. The van der Waals surface area contributed by atoms with Gasteiger partial charge in [0.1, 0.15) is 5.69 Å². The van der Waals surface area contributed by atoms with Crippen LogP contribution in [0.2, 0.25) is 0 Å². The first-order chi connectivity index (χ1) is 9.02. The van der Waals surface area contributed by atoms with Gasteiger partial charge in [0.15, 0.2) is 0 Å². The highest BCUT2D eigenvalue weighted by Gasteiger charge is 2.22. The largest absolute Gasteiger partial charge is 0.350 e. The molecule has 20 heavy (non-hydrogen) atoms. The van der Waals surface area contributed by atoms with Gasteiger partial charge < -0.3 is 15.6 Å². The van der Waals surface area contributed by atoms with Crippen LogP contribution in [0.4, 0.5) is 0 Å². The maximum Gasteiger partial charge on any atom is 0.290 e. The predicted octanol–water partition coefficient (Wildman–Crippen LogP) is 2.23. The summed E-state index contributed by atoms with van der Waals surface area (Å²) in [5.74, 6) is -0.134. The molecule has 0 fully saturated rings. The maximum absolute atomic E-state index is 12.0. The summed E-state index contributed by atoms with van der Waals surface area (Å²) in [4.78, 5) is 12.0. The van der Waals surface area contributed by atoms with E-state index in [2.05, 4.69) is 10.5 Å². The Morgan fingerprint density at radius 2 is 2.00 bits per heavy atom. The summed E-state index contributed by atoms with van der Waals surface area (Å²) < 4.78 is 5.07. The van der Waals surface area contributed by atoms with Crippen molar-refractivity contribution in [1.82, 2.24) is 10.5 Å². The van der Waals surface area contributed by atoms with Crippen molar-refractivity contribution in [2.24, 2.45) is 5.73 Å². The van der Waals surface area contributed by atoms with Gasteiger partial charge in [-0.2, -0.15) is 0 Å². The van der Waals surface area contributed by atoms with Crippen molar-refractivity contribution in [3.05, 3.63) is 42.2 Å². The molecule has 0 aliphatic carbocycles. The number of benzene rings is 1. The fraction of sp³-hybridized carbons (Fsp3) is 0.286. The first-order valence-corrected chi connectivity index (χ1v) is 6.06. The van der Waals surface area contributed by atoms with Crippen LogP contribution >= 0.6 is 12.4 Å². The first kappa shape index (κ1) is 16.2. The molecule has 0 atom stereocenters. The third kappa shape index (κ3) is 3.82. The lowest BCUT2D eigenvalue weighted by atomic mass is 10.1. The van der Waals surface area contributed by atoms with Crippen LogP contribution in [-0.2, 0) is 0 Å². The van der Waals surface area contributed by atoms with E-state index in [1.165, 1.54) is 0 Å². The lowest BCUT2D eigenvalue weighted by molar-refractivity contribution is 0.0878. The van der Waals surface area contributed by atoms with Crippen molar-refractivity contribution in [1.29, 1.82) is 0 Å². The summed E-state index contributed by atoms with van der Waals surface area (Å²) >= 11 is 0. The average Bonchev–Trinajstić information content (AvgIpc) is 2.89. The quantitative estimate of drug-likeness (QED) is 0.906. The van der Waals surface area contributed by atoms with Crippen molar-refractivity contribution in [2.75, 3.05) is 6.54 Å². The van der Waals surface area contributed by atoms with Crippen LogP contribution < -0.4 is 11.1 Å². The Bertz CT molecular complexity index is 567. The molecule has 1 amide bonds. The summed E-state index contributed by atoms with van der Waals surface area (Å²) in [5.41, 5.74) is 6.63. The number of rotatable bonds is 4. The van der Waals surface area contributed by atoms with Gasteiger partial charge in [0, 0.05) is 23.7 Å². The normalized spacial score (nSPS) is 10.8. The Labute approximate surface area is 123 Å². The highest BCUT2D eigenvalue weighted by atomic mass is 35.5. The molecule has 108 valence electrons. The second-order valence-corrected chi connectivity index (χ2v) is 4.98. The Morgan fingerprint density at radius 3 is 2.60 bits per heavy atom. The number of carbonyl (C=O) groups is 1. The summed E-state index contributed by atoms with van der Waals surface area (Å²) in [5, 5.41) is 6.69. The molecular weight excluding hydrogens is 278 g/mol. The van der Waals surface area contributed by atoms with E-state index in [-0.39, 0.29) is 24.1 Å². The zero-order chi connectivity index (χ0) is 13.9. The SMILES string of the molecule is CC(C)(CN)NC(=O)c1cc(-c2ccccc2)no1.Cl. The van der Waals surface area contributed by atoms with Gasteiger partial charge in [-0.05, 0) is 13.8 Å². The smallest absolute Gasteiger partial charge is 0.290 e. The number of hydrogen-bond acceptors (Lipinski definition) is 4. The second kappa shape index (κ2) is 6.54. The summed E-state index contributed by atoms with van der Waals surface area (Å²) in [6, 6.07) is 11.2. The molecule has 0 saturated carbocycles. The third-order valence-electron chi connectivity index (χ3n) is 2.77. The number of nitrogens with one attached hydrogen (secondary N) is 1. The summed E-state index contributed by atoms with van der Waals surface area (Å²) in [6.45, 7) is 4.04. The first-order valence-electron chi connectivity index (χ1n) is 6.06. The van der Waals surface area contributed by atoms with Crippen molar-refractivity contribution in [2.45, 2.75) is 19.4 Å². The Kier molecular flexibility index (Phi) is 5.30. The van der Waals surface area contributed by atoms with E-state index >= 15 is 0 Å². The fourth-order valence-corrected chi connectivity index (χ4v) is 1.55. The molecule has 0 spiro atoms. The Morgan fingerprint density at radius 1 is 1.35 bits per heavy atom. The van der Waals surface area contributed by atoms with Crippen LogP contribution in [0.15, 0.2) is 40.9 Å². The molecule has 0 aliphatic rings. The number of aromatic nitrogens is 1. The number of amides is 1. The molecule has 0 unspecified atom stereocenters. The molecule has 0 bridgehead atoms. The van der Waals surface area contributed by atoms with Crippen LogP contribution in [0.5, 0.6) is 0 Å². The Hall–Kier alpha value is -1.85. The molecule has 1 heterocycles. The highest BCUT2D eigenvalue weighted by molar-refractivity contribution is 5.92. The molecule has 0 aliphatic heterocycles. The average molecular weight is 296 g/mol. The van der Waals surface area contributed by atoms with Crippen molar-refractivity contribution in [3.63, 3.8) is 0 Å². The van der Waals surface area contributed by atoms with Gasteiger partial charge in [-0.25, -0.2) is 0 Å². The number of hydrogen-bond donors (Lipinski definition) is 2. The van der Waals surface area contributed by atoms with Crippen LogP contribution in [0.3, 0.4) is 0 Å². The van der Waals surface area contributed by atoms with E-state index in [1.807, 2.05) is 44.2 Å². The molecule has 1 aromatic carbocycles. The van der Waals surface area contributed by atoms with Gasteiger partial charge in [-0.15, -0.1) is 12.4 Å². The monoisotopic (exact) mass is 295 g/mol. The molecule has 0 saturated heterocycles. The number of carbonyl (C=O) groups excluding carboxylic acids is 1. The molecule has 6 heteroatoms. The fourth-order valence-electron chi connectivity index (χ4n) is 1.55. The van der Waals surface area contributed by atoms with E-state index in [1.54, 1.807) is 6.07 Å². The second-order valence-electron chi connectivity index (χ2n) is 4.98. The van der Waals surface area contributed by atoms with E-state index < -0.39 is 5.54 Å². The lowest BCUT2D eigenvalue weighted by Gasteiger charge is -2.23. The lowest BCUT2D eigenvalue weighted by Crippen LogP contribution is -2.48. The highest BCUT2D eigenvalue weighted by Crippen LogP contribution is 2.18. The van der Waals surface area contributed by atoms with Crippen LogP contribution in [0.1, 0.15) is 24.4 Å². The van der Waals surface area contributed by atoms with Crippen molar-refractivity contribution < 1.29 is 9.32 Å². The molecule has 3 N–H and O–H groups in total. The molecular formula is C14H18ClN3O2. The number of nitrogens with two attached hydrogens (primary N) is 1. The minimum absolute atomic E-state index is 0. The molecule has 2 rings (SSSR count). The Balaban J connectivity index is 0.00000200. The topological polar surface area (TPSA) is 81.1 Å². The maximum atomic E-state index is 12.0. The van der Waals surface area contributed by atoms with Crippen LogP contribution in [0, 0.1) is 0 Å². The van der Waals surface area contributed by atoms with Gasteiger partial charge in [0.2, 0.25) is 5.76 Å². The van der Waals surface area contributed by atoms with Gasteiger partial charge in [-0.3, -0.25) is 4.79 Å². The zero-order valence-corrected chi connectivity index (χ0v) is 12.2. The standard InChI is InChI=1S/C14H17N3O2.ClH/c1-14(2,9-15)16-13(18)12-8-11(17-19-12)10-6-4-3-5-7-10;/h3-8H,9,15H2,1-2H3,(H,16,18);1H. The minimum atomic E-state index is -0.475. The van der Waals surface area contributed by atoms with Crippen LogP contribution in [0.25, 0.3) is 11.3 Å². The predicted molar refractivity (Wildman–Crippen MR) is 79.8 cm³/mol.